The molecule has 7 rings (SSSR count). The quantitative estimate of drug-likeness (QED) is 0.288. The second kappa shape index (κ2) is 10.5. The Hall–Kier alpha value is -4.34. The lowest BCUT2D eigenvalue weighted by atomic mass is 9.78. The van der Waals surface area contributed by atoms with Crippen LogP contribution in [0.4, 0.5) is 5.69 Å². The first-order valence-corrected chi connectivity index (χ1v) is 14.7. The second-order valence-electron chi connectivity index (χ2n) is 11.8. The second-order valence-corrected chi connectivity index (χ2v) is 11.8. The molecule has 1 saturated carbocycles. The fourth-order valence-electron chi connectivity index (χ4n) is 6.52. The van der Waals surface area contributed by atoms with E-state index in [1.165, 1.54) is 0 Å². The van der Waals surface area contributed by atoms with Gasteiger partial charge >= 0.3 is 0 Å². The van der Waals surface area contributed by atoms with Gasteiger partial charge in [-0.3, -0.25) is 9.78 Å². The average Bonchev–Trinajstić information content (AvgIpc) is 3.39. The number of carbonyl (C=O) groups is 1. The molecule has 0 spiro atoms. The van der Waals surface area contributed by atoms with Crippen LogP contribution < -0.4 is 16.0 Å². The van der Waals surface area contributed by atoms with Crippen LogP contribution >= 0.6 is 0 Å². The van der Waals surface area contributed by atoms with E-state index in [1.807, 2.05) is 49.4 Å². The average molecular weight is 562 g/mol. The van der Waals surface area contributed by atoms with Crippen molar-refractivity contribution in [1.29, 1.82) is 0 Å². The first kappa shape index (κ1) is 26.6. The van der Waals surface area contributed by atoms with E-state index in [4.69, 9.17) is 15.8 Å². The number of piperazine rings is 1. The minimum absolute atomic E-state index is 0.146. The van der Waals surface area contributed by atoms with E-state index in [1.54, 1.807) is 10.7 Å². The summed E-state index contributed by atoms with van der Waals surface area (Å²) in [5.74, 6) is -0.444. The molecule has 5 aromatic rings. The lowest BCUT2D eigenvalue weighted by Crippen LogP contribution is -2.43. The van der Waals surface area contributed by atoms with E-state index in [-0.39, 0.29) is 11.6 Å². The highest BCUT2D eigenvalue weighted by Gasteiger charge is 2.33. The van der Waals surface area contributed by atoms with Crippen LogP contribution in [0.2, 0.25) is 0 Å². The number of aliphatic hydroxyl groups is 1. The number of nitrogens with one attached hydrogen (secondary N) is 1. The summed E-state index contributed by atoms with van der Waals surface area (Å²) in [5.41, 5.74) is 12.4. The predicted octanol–water partition coefficient (Wildman–Crippen LogP) is 4.53. The molecule has 9 heteroatoms. The van der Waals surface area contributed by atoms with E-state index < -0.39 is 11.5 Å². The zero-order valence-electron chi connectivity index (χ0n) is 23.8. The Morgan fingerprint density at radius 1 is 1.02 bits per heavy atom. The number of pyridine rings is 1. The molecule has 42 heavy (non-hydrogen) atoms. The third kappa shape index (κ3) is 4.78. The molecule has 2 aliphatic rings. The summed E-state index contributed by atoms with van der Waals surface area (Å²) >= 11 is 0. The topological polar surface area (TPSA) is 122 Å². The predicted molar refractivity (Wildman–Crippen MR) is 165 cm³/mol. The molecule has 4 N–H and O–H groups in total. The van der Waals surface area contributed by atoms with Crippen molar-refractivity contribution in [1.82, 2.24) is 24.9 Å². The molecule has 1 aliphatic heterocycles. The number of aromatic nitrogens is 4. The number of para-hydroxylation sites is 1. The fraction of sp³-hybridized carbons (Fsp3) is 0.333. The van der Waals surface area contributed by atoms with Gasteiger partial charge in [0.25, 0.3) is 5.91 Å². The molecule has 4 heterocycles. The highest BCUT2D eigenvalue weighted by molar-refractivity contribution is 5.99. The van der Waals surface area contributed by atoms with Gasteiger partial charge in [-0.2, -0.15) is 5.10 Å². The lowest BCUT2D eigenvalue weighted by Gasteiger charge is -2.32. The number of imidazole rings is 1. The number of hydrogen-bond donors (Lipinski definition) is 3. The lowest BCUT2D eigenvalue weighted by molar-refractivity contribution is 0.0169. The maximum Gasteiger partial charge on any atom is 0.269 e. The Morgan fingerprint density at radius 2 is 1.76 bits per heavy atom. The third-order valence-corrected chi connectivity index (χ3v) is 8.88. The van der Waals surface area contributed by atoms with Crippen molar-refractivity contribution < 1.29 is 9.90 Å². The van der Waals surface area contributed by atoms with Gasteiger partial charge in [-0.15, -0.1) is 0 Å². The molecule has 0 unspecified atom stereocenters. The van der Waals surface area contributed by atoms with Gasteiger partial charge < -0.3 is 21.1 Å². The van der Waals surface area contributed by atoms with Gasteiger partial charge in [-0.1, -0.05) is 30.3 Å². The van der Waals surface area contributed by atoms with Crippen molar-refractivity contribution in [2.75, 3.05) is 31.1 Å². The number of benzene rings is 2. The number of hydrogen-bond acceptors (Lipinski definition) is 7. The minimum atomic E-state index is -0.666. The minimum Gasteiger partial charge on any atom is -0.390 e. The zero-order valence-corrected chi connectivity index (χ0v) is 23.8. The SMILES string of the molecule is CC1(O)CCC(c2nc3cc(-c4ccc(N5CCNCC5)cc4)c(C(N)=O)nn3c2-c2ccnc3ccccc23)CC1. The van der Waals surface area contributed by atoms with Gasteiger partial charge in [0.2, 0.25) is 0 Å². The van der Waals surface area contributed by atoms with Crippen LogP contribution in [0.3, 0.4) is 0 Å². The Bertz CT molecular complexity index is 1770. The number of carbonyl (C=O) groups excluding carboxylic acids is 1. The molecular formula is C33H35N7O2. The van der Waals surface area contributed by atoms with Crippen LogP contribution in [0.1, 0.15) is 54.7 Å². The summed E-state index contributed by atoms with van der Waals surface area (Å²) in [6.07, 6.45) is 4.83. The number of anilines is 1. The molecule has 1 amide bonds. The number of fused-ring (bicyclic) bond motifs is 2. The number of rotatable bonds is 5. The monoisotopic (exact) mass is 561 g/mol. The van der Waals surface area contributed by atoms with E-state index in [2.05, 4.69) is 33.4 Å². The van der Waals surface area contributed by atoms with Gasteiger partial charge in [0.15, 0.2) is 11.3 Å². The molecule has 3 aromatic heterocycles. The summed E-state index contributed by atoms with van der Waals surface area (Å²) < 4.78 is 1.78. The van der Waals surface area contributed by atoms with Crippen molar-refractivity contribution in [3.63, 3.8) is 0 Å². The normalized spacial score (nSPS) is 21.2. The van der Waals surface area contributed by atoms with Gasteiger partial charge in [0, 0.05) is 60.5 Å². The Balaban J connectivity index is 1.40. The molecular weight excluding hydrogens is 526 g/mol. The van der Waals surface area contributed by atoms with Crippen LogP contribution in [0.5, 0.6) is 0 Å². The largest absolute Gasteiger partial charge is 0.390 e. The molecule has 9 nitrogen and oxygen atoms in total. The first-order valence-electron chi connectivity index (χ1n) is 14.7. The molecule has 0 bridgehead atoms. The smallest absolute Gasteiger partial charge is 0.269 e. The fourth-order valence-corrected chi connectivity index (χ4v) is 6.52. The number of nitrogens with two attached hydrogens (primary N) is 1. The Morgan fingerprint density at radius 3 is 2.50 bits per heavy atom. The molecule has 1 aliphatic carbocycles. The van der Waals surface area contributed by atoms with Gasteiger partial charge in [0.1, 0.15) is 0 Å². The van der Waals surface area contributed by atoms with Crippen LogP contribution in [0.25, 0.3) is 38.9 Å². The van der Waals surface area contributed by atoms with Crippen LogP contribution in [-0.4, -0.2) is 62.4 Å². The summed E-state index contributed by atoms with van der Waals surface area (Å²) in [4.78, 5) is 25.0. The third-order valence-electron chi connectivity index (χ3n) is 8.88. The van der Waals surface area contributed by atoms with Crippen LogP contribution in [0.15, 0.2) is 66.9 Å². The van der Waals surface area contributed by atoms with Crippen LogP contribution in [-0.2, 0) is 0 Å². The molecule has 1 saturated heterocycles. The molecule has 0 atom stereocenters. The van der Waals surface area contributed by atoms with Crippen molar-refractivity contribution >= 4 is 28.1 Å². The van der Waals surface area contributed by atoms with Crippen molar-refractivity contribution in [2.24, 2.45) is 5.73 Å². The highest BCUT2D eigenvalue weighted by atomic mass is 16.3. The van der Waals surface area contributed by atoms with Gasteiger partial charge in [-0.05, 0) is 68.5 Å². The molecule has 214 valence electrons. The standard InChI is InChI=1S/C33H35N7O2/c1-33(42)13-10-22(11-14-33)29-31(25-12-15-36-27-5-3-2-4-24(25)27)40-28(37-29)20-26(30(38-40)32(34)41)21-6-8-23(9-7-21)39-18-16-35-17-19-39/h2-9,12,15,20,22,35,42H,10-11,13-14,16-19H2,1H3,(H2,34,41). The van der Waals surface area contributed by atoms with Crippen LogP contribution in [0, 0.1) is 0 Å². The summed E-state index contributed by atoms with van der Waals surface area (Å²) in [5, 5.41) is 19.9. The summed E-state index contributed by atoms with van der Waals surface area (Å²) in [6.45, 7) is 5.75. The van der Waals surface area contributed by atoms with Crippen molar-refractivity contribution in [3.05, 3.63) is 78.2 Å². The first-order chi connectivity index (χ1) is 20.4. The van der Waals surface area contributed by atoms with Crippen molar-refractivity contribution in [2.45, 2.75) is 44.1 Å². The number of primary amides is 1. The van der Waals surface area contributed by atoms with E-state index >= 15 is 0 Å². The molecule has 2 aromatic carbocycles. The summed E-state index contributed by atoms with van der Waals surface area (Å²) in [7, 11) is 0. The van der Waals surface area contributed by atoms with E-state index in [0.29, 0.717) is 24.1 Å². The van der Waals surface area contributed by atoms with Gasteiger partial charge in [-0.25, -0.2) is 9.50 Å². The molecule has 2 fully saturated rings. The maximum atomic E-state index is 12.9. The number of amides is 1. The zero-order chi connectivity index (χ0) is 28.8. The summed E-state index contributed by atoms with van der Waals surface area (Å²) in [6, 6.07) is 20.2. The van der Waals surface area contributed by atoms with E-state index in [0.717, 1.165) is 78.1 Å². The van der Waals surface area contributed by atoms with E-state index in [9.17, 15) is 9.90 Å². The van der Waals surface area contributed by atoms with Gasteiger partial charge in [0.05, 0.1) is 22.5 Å². The molecule has 0 radical (unpaired) electrons. The number of nitrogens with zero attached hydrogens (tertiary/aromatic N) is 5. The maximum absolute atomic E-state index is 12.9. The Kier molecular flexibility index (Phi) is 6.63. The van der Waals surface area contributed by atoms with Crippen molar-refractivity contribution in [3.8, 4) is 22.4 Å². The Labute approximate surface area is 244 Å². The highest BCUT2D eigenvalue weighted by Crippen LogP contribution is 2.43.